The van der Waals surface area contributed by atoms with E-state index < -0.39 is 28.7 Å². The largest absolute Gasteiger partial charge is 0.389 e. The van der Waals surface area contributed by atoms with Gasteiger partial charge in [0.2, 0.25) is 10.0 Å². The van der Waals surface area contributed by atoms with Gasteiger partial charge in [-0.3, -0.25) is 0 Å². The van der Waals surface area contributed by atoms with Crippen molar-refractivity contribution in [3.8, 4) is 0 Å². The molecule has 0 spiro atoms. The molecular weight excluding hydrogens is 327 g/mol. The Hall–Kier alpha value is -1.34. The first kappa shape index (κ1) is 19.7. The van der Waals surface area contributed by atoms with Gasteiger partial charge in [-0.15, -0.1) is 0 Å². The van der Waals surface area contributed by atoms with Gasteiger partial charge in [0.1, 0.15) is 0 Å². The van der Waals surface area contributed by atoms with Crippen LogP contribution in [0.15, 0.2) is 41.3 Å². The highest BCUT2D eigenvalue weighted by atomic mass is 32.2. The highest BCUT2D eigenvalue weighted by Gasteiger charge is 2.29. The number of nitrogens with one attached hydrogen (secondary N) is 1. The Bertz CT molecular complexity index is 622. The van der Waals surface area contributed by atoms with E-state index >= 15 is 0 Å². The van der Waals surface area contributed by atoms with Crippen LogP contribution in [0.3, 0.4) is 0 Å². The summed E-state index contributed by atoms with van der Waals surface area (Å²) in [5, 5.41) is 0. The molecule has 0 radical (unpaired) electrons. The van der Waals surface area contributed by atoms with E-state index in [9.17, 15) is 21.6 Å². The molecule has 23 heavy (non-hydrogen) atoms. The molecule has 0 bridgehead atoms. The van der Waals surface area contributed by atoms with Crippen molar-refractivity contribution in [1.82, 2.24) is 4.72 Å². The maximum Gasteiger partial charge on any atom is 0.389 e. The molecule has 7 heteroatoms. The average Bonchev–Trinajstić information content (AvgIpc) is 2.44. The van der Waals surface area contributed by atoms with Crippen LogP contribution < -0.4 is 4.72 Å². The van der Waals surface area contributed by atoms with E-state index in [1.165, 1.54) is 12.1 Å². The van der Waals surface area contributed by atoms with Gasteiger partial charge in [0, 0.05) is 12.5 Å². The standard InChI is InChI=1S/C16H22F3NO2S/c1-4-5-15(13(3)10-11-16(17,18)19)20-23(21,22)14-8-6-12(2)7-9-14/h6-9,15,20H,3-5,10-11H2,1-2H3. The first-order chi connectivity index (χ1) is 10.5. The molecular formula is C16H22F3NO2S. The smallest absolute Gasteiger partial charge is 0.207 e. The SMILES string of the molecule is C=C(CCC(F)(F)F)C(CCC)NS(=O)(=O)c1ccc(C)cc1. The van der Waals surface area contributed by atoms with Crippen LogP contribution in [-0.2, 0) is 10.0 Å². The maximum atomic E-state index is 12.4. The lowest BCUT2D eigenvalue weighted by atomic mass is 10.0. The summed E-state index contributed by atoms with van der Waals surface area (Å²) in [5.74, 6) is 0. The van der Waals surface area contributed by atoms with Crippen molar-refractivity contribution in [2.75, 3.05) is 0 Å². The predicted molar refractivity (Wildman–Crippen MR) is 84.6 cm³/mol. The molecule has 0 aliphatic rings. The highest BCUT2D eigenvalue weighted by molar-refractivity contribution is 7.89. The van der Waals surface area contributed by atoms with E-state index in [2.05, 4.69) is 11.3 Å². The van der Waals surface area contributed by atoms with Gasteiger partial charge in [0.15, 0.2) is 0 Å². The first-order valence-electron chi connectivity index (χ1n) is 7.38. The predicted octanol–water partition coefficient (Wildman–Crippen LogP) is 4.34. The fraction of sp³-hybridized carbons (Fsp3) is 0.500. The third kappa shape index (κ3) is 6.74. The number of hydrogen-bond acceptors (Lipinski definition) is 2. The molecule has 0 aliphatic heterocycles. The van der Waals surface area contributed by atoms with Crippen LogP contribution >= 0.6 is 0 Å². The van der Waals surface area contributed by atoms with Crippen molar-refractivity contribution in [2.45, 2.75) is 56.6 Å². The fourth-order valence-electron chi connectivity index (χ4n) is 2.08. The average molecular weight is 349 g/mol. The van der Waals surface area contributed by atoms with E-state index in [0.29, 0.717) is 12.8 Å². The summed E-state index contributed by atoms with van der Waals surface area (Å²) >= 11 is 0. The summed E-state index contributed by atoms with van der Waals surface area (Å²) < 4.78 is 64.2. The van der Waals surface area contributed by atoms with Crippen LogP contribution in [0.5, 0.6) is 0 Å². The van der Waals surface area contributed by atoms with E-state index in [0.717, 1.165) is 5.56 Å². The van der Waals surface area contributed by atoms with Gasteiger partial charge in [-0.2, -0.15) is 13.2 Å². The first-order valence-corrected chi connectivity index (χ1v) is 8.87. The number of aryl methyl sites for hydroxylation is 1. The van der Waals surface area contributed by atoms with Gasteiger partial charge in [-0.05, 0) is 31.9 Å². The summed E-state index contributed by atoms with van der Waals surface area (Å²) in [4.78, 5) is 0.0906. The molecule has 0 amide bonds. The second kappa shape index (κ2) is 7.97. The lowest BCUT2D eigenvalue weighted by Gasteiger charge is -2.21. The van der Waals surface area contributed by atoms with Gasteiger partial charge in [0.25, 0.3) is 0 Å². The van der Waals surface area contributed by atoms with E-state index in [1.807, 2.05) is 13.8 Å². The van der Waals surface area contributed by atoms with Crippen molar-refractivity contribution < 1.29 is 21.6 Å². The Labute approximate surface area is 135 Å². The van der Waals surface area contributed by atoms with Crippen LogP contribution in [0.2, 0.25) is 0 Å². The third-order valence-electron chi connectivity index (χ3n) is 3.43. The topological polar surface area (TPSA) is 46.2 Å². The summed E-state index contributed by atoms with van der Waals surface area (Å²) in [6, 6.07) is 5.58. The van der Waals surface area contributed by atoms with Crippen molar-refractivity contribution >= 4 is 10.0 Å². The Balaban J connectivity index is 2.85. The molecule has 1 aromatic rings. The quantitative estimate of drug-likeness (QED) is 0.710. The van der Waals surface area contributed by atoms with Crippen molar-refractivity contribution in [1.29, 1.82) is 0 Å². The number of sulfonamides is 1. The minimum absolute atomic E-state index is 0.0906. The van der Waals surface area contributed by atoms with Gasteiger partial charge < -0.3 is 0 Å². The summed E-state index contributed by atoms with van der Waals surface area (Å²) in [5.41, 5.74) is 1.17. The Morgan fingerprint density at radius 3 is 2.30 bits per heavy atom. The zero-order valence-corrected chi connectivity index (χ0v) is 14.1. The molecule has 1 aromatic carbocycles. The summed E-state index contributed by atoms with van der Waals surface area (Å²) in [6.45, 7) is 7.32. The molecule has 130 valence electrons. The van der Waals surface area contributed by atoms with Gasteiger partial charge in [-0.25, -0.2) is 13.1 Å². The summed E-state index contributed by atoms with van der Waals surface area (Å²) in [7, 11) is -3.79. The molecule has 3 nitrogen and oxygen atoms in total. The van der Waals surface area contributed by atoms with Crippen LogP contribution in [0, 0.1) is 6.92 Å². The van der Waals surface area contributed by atoms with Crippen LogP contribution in [0.1, 0.15) is 38.2 Å². The maximum absolute atomic E-state index is 12.4. The van der Waals surface area contributed by atoms with Gasteiger partial charge >= 0.3 is 6.18 Å². The molecule has 0 saturated carbocycles. The zero-order valence-electron chi connectivity index (χ0n) is 13.3. The molecule has 0 aromatic heterocycles. The van der Waals surface area contributed by atoms with Crippen molar-refractivity contribution in [2.24, 2.45) is 0 Å². The van der Waals surface area contributed by atoms with Crippen molar-refractivity contribution in [3.63, 3.8) is 0 Å². The molecule has 0 saturated heterocycles. The number of alkyl halides is 3. The molecule has 1 atom stereocenters. The number of halogens is 3. The Morgan fingerprint density at radius 2 is 1.83 bits per heavy atom. The molecule has 1 unspecified atom stereocenters. The number of rotatable bonds is 8. The number of benzene rings is 1. The van der Waals surface area contributed by atoms with Crippen LogP contribution in [0.25, 0.3) is 0 Å². The second-order valence-electron chi connectivity index (χ2n) is 5.55. The zero-order chi connectivity index (χ0) is 17.7. The molecule has 1 N–H and O–H groups in total. The lowest BCUT2D eigenvalue weighted by molar-refractivity contribution is -0.134. The number of hydrogen-bond donors (Lipinski definition) is 1. The lowest BCUT2D eigenvalue weighted by Crippen LogP contribution is -2.36. The van der Waals surface area contributed by atoms with Gasteiger partial charge in [-0.1, -0.05) is 43.2 Å². The van der Waals surface area contributed by atoms with E-state index in [4.69, 9.17) is 0 Å². The minimum atomic E-state index is -4.28. The highest BCUT2D eigenvalue weighted by Crippen LogP contribution is 2.26. The van der Waals surface area contributed by atoms with E-state index in [-0.39, 0.29) is 16.9 Å². The van der Waals surface area contributed by atoms with Crippen LogP contribution in [0.4, 0.5) is 13.2 Å². The molecule has 0 aliphatic carbocycles. The molecule has 0 fully saturated rings. The van der Waals surface area contributed by atoms with Crippen LogP contribution in [-0.4, -0.2) is 20.6 Å². The normalized spacial score (nSPS) is 13.8. The Morgan fingerprint density at radius 1 is 1.26 bits per heavy atom. The third-order valence-corrected chi connectivity index (χ3v) is 4.92. The molecule has 0 heterocycles. The fourth-order valence-corrected chi connectivity index (χ4v) is 3.37. The second-order valence-corrected chi connectivity index (χ2v) is 7.26. The monoisotopic (exact) mass is 349 g/mol. The summed E-state index contributed by atoms with van der Waals surface area (Å²) in [6.07, 6.45) is -4.54. The van der Waals surface area contributed by atoms with Gasteiger partial charge in [0.05, 0.1) is 4.90 Å². The molecule has 1 rings (SSSR count). The van der Waals surface area contributed by atoms with Crippen molar-refractivity contribution in [3.05, 3.63) is 42.0 Å². The minimum Gasteiger partial charge on any atom is -0.207 e. The van der Waals surface area contributed by atoms with E-state index in [1.54, 1.807) is 12.1 Å². The Kier molecular flexibility index (Phi) is 6.83.